The van der Waals surface area contributed by atoms with Crippen LogP contribution in [0.5, 0.6) is 0 Å². The molecule has 0 unspecified atom stereocenters. The number of aromatic amines is 1. The van der Waals surface area contributed by atoms with E-state index in [9.17, 15) is 0 Å². The van der Waals surface area contributed by atoms with E-state index >= 15 is 0 Å². The van der Waals surface area contributed by atoms with Crippen LogP contribution in [0.2, 0.25) is 0 Å². The van der Waals surface area contributed by atoms with Crippen molar-refractivity contribution in [1.29, 1.82) is 0 Å². The summed E-state index contributed by atoms with van der Waals surface area (Å²) < 4.78 is 5.11. The second-order valence-electron chi connectivity index (χ2n) is 3.77. The van der Waals surface area contributed by atoms with Crippen molar-refractivity contribution < 1.29 is 4.42 Å². The Bertz CT molecular complexity index is 461. The van der Waals surface area contributed by atoms with Crippen LogP contribution in [0.25, 0.3) is 0 Å². The van der Waals surface area contributed by atoms with Gasteiger partial charge in [-0.25, -0.2) is 5.10 Å². The number of nitrogens with two attached hydrogens (primary N) is 1. The van der Waals surface area contributed by atoms with E-state index in [0.29, 0.717) is 11.9 Å². The summed E-state index contributed by atoms with van der Waals surface area (Å²) in [6.07, 6.45) is 4.42. The smallest absolute Gasteiger partial charge is 0.246 e. The molecule has 0 radical (unpaired) electrons. The third kappa shape index (κ3) is 2.16. The Morgan fingerprint density at radius 3 is 2.88 bits per heavy atom. The molecule has 6 nitrogen and oxygen atoms in total. The molecule has 2 aromatic heterocycles. The van der Waals surface area contributed by atoms with E-state index in [1.54, 1.807) is 12.5 Å². The zero-order chi connectivity index (χ0) is 11.5. The van der Waals surface area contributed by atoms with E-state index in [1.165, 1.54) is 11.1 Å². The maximum absolute atomic E-state index is 5.46. The fourth-order valence-corrected chi connectivity index (χ4v) is 1.47. The van der Waals surface area contributed by atoms with Crippen LogP contribution in [0.15, 0.2) is 16.9 Å². The number of nitrogens with zero attached hydrogens (tertiary/aromatic N) is 3. The van der Waals surface area contributed by atoms with Crippen LogP contribution in [0.4, 0.5) is 11.9 Å². The molecule has 0 aliphatic heterocycles. The van der Waals surface area contributed by atoms with Gasteiger partial charge in [0.1, 0.15) is 0 Å². The lowest BCUT2D eigenvalue weighted by Gasteiger charge is -2.13. The number of furan rings is 1. The van der Waals surface area contributed by atoms with Crippen LogP contribution < -0.4 is 10.6 Å². The highest BCUT2D eigenvalue weighted by Crippen LogP contribution is 2.11. The highest BCUT2D eigenvalue weighted by molar-refractivity contribution is 5.33. The number of likely N-dealkylation sites (N-methyl/N-ethyl adjacent to an activating group) is 1. The summed E-state index contributed by atoms with van der Waals surface area (Å²) in [7, 11) is 1.93. The predicted molar refractivity (Wildman–Crippen MR) is 61.2 cm³/mol. The minimum Gasteiger partial charge on any atom is -0.472 e. The van der Waals surface area contributed by atoms with Crippen molar-refractivity contribution in [3.05, 3.63) is 23.7 Å². The lowest BCUT2D eigenvalue weighted by molar-refractivity contribution is 0.562. The van der Waals surface area contributed by atoms with Crippen molar-refractivity contribution in [2.24, 2.45) is 0 Å². The Labute approximate surface area is 93.5 Å². The Morgan fingerprint density at radius 1 is 1.50 bits per heavy atom. The van der Waals surface area contributed by atoms with Gasteiger partial charge in [0.25, 0.3) is 0 Å². The Hall–Kier alpha value is -1.98. The van der Waals surface area contributed by atoms with E-state index in [1.807, 2.05) is 18.9 Å². The summed E-state index contributed by atoms with van der Waals surface area (Å²) >= 11 is 0. The van der Waals surface area contributed by atoms with Gasteiger partial charge >= 0.3 is 0 Å². The molecule has 0 aromatic carbocycles. The second-order valence-corrected chi connectivity index (χ2v) is 3.77. The number of hydrogen-bond acceptors (Lipinski definition) is 5. The van der Waals surface area contributed by atoms with Crippen LogP contribution in [0.1, 0.15) is 11.1 Å². The first-order valence-electron chi connectivity index (χ1n) is 5.07. The molecule has 0 aliphatic rings. The average Bonchev–Trinajstić information content (AvgIpc) is 2.84. The number of nitrogens with one attached hydrogen (secondary N) is 1. The standard InChI is InChI=1S/C10H15N5O/c1-7-5-16-6-8(7)3-4-15(2)10-12-9(11)13-14-10/h5-6H,3-4H2,1-2H3,(H3,11,12,13,14). The maximum Gasteiger partial charge on any atom is 0.246 e. The van der Waals surface area contributed by atoms with Gasteiger partial charge in [0, 0.05) is 13.6 Å². The zero-order valence-corrected chi connectivity index (χ0v) is 9.40. The third-order valence-electron chi connectivity index (χ3n) is 2.51. The maximum atomic E-state index is 5.46. The predicted octanol–water partition coefficient (Wildman–Crippen LogP) is 0.967. The van der Waals surface area contributed by atoms with Crippen molar-refractivity contribution in [3.8, 4) is 0 Å². The molecule has 3 N–H and O–H groups in total. The summed E-state index contributed by atoms with van der Waals surface area (Å²) in [5.74, 6) is 0.944. The molecular weight excluding hydrogens is 206 g/mol. The molecule has 0 bridgehead atoms. The first-order chi connectivity index (χ1) is 7.66. The van der Waals surface area contributed by atoms with Crippen molar-refractivity contribution in [2.45, 2.75) is 13.3 Å². The molecule has 0 aliphatic carbocycles. The molecule has 2 aromatic rings. The van der Waals surface area contributed by atoms with E-state index < -0.39 is 0 Å². The minimum atomic E-state index is 0.335. The molecular formula is C10H15N5O. The van der Waals surface area contributed by atoms with Crippen LogP contribution >= 0.6 is 0 Å². The monoisotopic (exact) mass is 221 g/mol. The van der Waals surface area contributed by atoms with Crippen molar-refractivity contribution in [1.82, 2.24) is 15.2 Å². The Balaban J connectivity index is 1.93. The third-order valence-corrected chi connectivity index (χ3v) is 2.51. The lowest BCUT2D eigenvalue weighted by atomic mass is 10.1. The molecule has 16 heavy (non-hydrogen) atoms. The number of H-pyrrole nitrogens is 1. The van der Waals surface area contributed by atoms with Crippen LogP contribution in [0.3, 0.4) is 0 Å². The molecule has 86 valence electrons. The molecule has 0 atom stereocenters. The van der Waals surface area contributed by atoms with Gasteiger partial charge in [-0.3, -0.25) is 0 Å². The molecule has 6 heteroatoms. The Morgan fingerprint density at radius 2 is 2.31 bits per heavy atom. The van der Waals surface area contributed by atoms with Gasteiger partial charge in [-0.1, -0.05) is 0 Å². The SMILES string of the molecule is Cc1cocc1CCN(C)c1n[nH]c(N)n1. The number of rotatable bonds is 4. The fraction of sp³-hybridized carbons (Fsp3) is 0.400. The van der Waals surface area contributed by atoms with Gasteiger partial charge < -0.3 is 15.1 Å². The highest BCUT2D eigenvalue weighted by Gasteiger charge is 2.08. The van der Waals surface area contributed by atoms with Gasteiger partial charge in [-0.2, -0.15) is 4.98 Å². The highest BCUT2D eigenvalue weighted by atomic mass is 16.3. The largest absolute Gasteiger partial charge is 0.472 e. The van der Waals surface area contributed by atoms with Gasteiger partial charge in [-0.05, 0) is 24.5 Å². The lowest BCUT2D eigenvalue weighted by Crippen LogP contribution is -2.21. The topological polar surface area (TPSA) is 84.0 Å². The number of anilines is 2. The van der Waals surface area contributed by atoms with Gasteiger partial charge in [0.05, 0.1) is 12.5 Å². The molecule has 2 rings (SSSR count). The molecule has 0 fully saturated rings. The molecule has 2 heterocycles. The second kappa shape index (κ2) is 4.26. The number of nitrogen functional groups attached to an aromatic ring is 1. The van der Waals surface area contributed by atoms with Gasteiger partial charge in [0.15, 0.2) is 0 Å². The summed E-state index contributed by atoms with van der Waals surface area (Å²) in [6, 6.07) is 0. The zero-order valence-electron chi connectivity index (χ0n) is 9.40. The molecule has 0 amide bonds. The normalized spacial score (nSPS) is 10.6. The quantitative estimate of drug-likeness (QED) is 0.803. The van der Waals surface area contributed by atoms with E-state index in [2.05, 4.69) is 15.2 Å². The van der Waals surface area contributed by atoms with Gasteiger partial charge in [-0.15, -0.1) is 5.10 Å². The molecule has 0 spiro atoms. The number of aromatic nitrogens is 3. The number of aryl methyl sites for hydroxylation is 1. The van der Waals surface area contributed by atoms with E-state index in [4.69, 9.17) is 10.2 Å². The summed E-state index contributed by atoms with van der Waals surface area (Å²) in [5, 5.41) is 6.59. The summed E-state index contributed by atoms with van der Waals surface area (Å²) in [6.45, 7) is 2.85. The van der Waals surface area contributed by atoms with Crippen LogP contribution in [-0.4, -0.2) is 28.8 Å². The Kier molecular flexibility index (Phi) is 2.80. The van der Waals surface area contributed by atoms with Crippen LogP contribution in [-0.2, 0) is 6.42 Å². The summed E-state index contributed by atoms with van der Waals surface area (Å²) in [5.41, 5.74) is 7.83. The molecule has 0 saturated heterocycles. The van der Waals surface area contributed by atoms with E-state index in [-0.39, 0.29) is 0 Å². The van der Waals surface area contributed by atoms with Crippen LogP contribution in [0, 0.1) is 6.92 Å². The van der Waals surface area contributed by atoms with Gasteiger partial charge in [0.2, 0.25) is 11.9 Å². The molecule has 0 saturated carbocycles. The van der Waals surface area contributed by atoms with Crippen molar-refractivity contribution in [2.75, 3.05) is 24.2 Å². The van der Waals surface area contributed by atoms with Crippen molar-refractivity contribution in [3.63, 3.8) is 0 Å². The first kappa shape index (κ1) is 10.5. The number of hydrogen-bond donors (Lipinski definition) is 2. The van der Waals surface area contributed by atoms with E-state index in [0.717, 1.165) is 13.0 Å². The summed E-state index contributed by atoms with van der Waals surface area (Å²) in [4.78, 5) is 5.99. The average molecular weight is 221 g/mol. The van der Waals surface area contributed by atoms with Crippen molar-refractivity contribution >= 4 is 11.9 Å². The minimum absolute atomic E-state index is 0.335. The first-order valence-corrected chi connectivity index (χ1v) is 5.07. The fourth-order valence-electron chi connectivity index (χ4n) is 1.47.